The number of likely N-dealkylation sites (tertiary alicyclic amines) is 1. The molecule has 3 aromatic rings. The molecule has 188 valence electrons. The zero-order valence-electron chi connectivity index (χ0n) is 19.6. The first-order valence-electron chi connectivity index (χ1n) is 11.4. The first-order chi connectivity index (χ1) is 17.1. The van der Waals surface area contributed by atoms with Crippen molar-refractivity contribution in [3.05, 3.63) is 62.5 Å². The van der Waals surface area contributed by atoms with Gasteiger partial charge in [0.1, 0.15) is 16.6 Å². The fourth-order valence-electron chi connectivity index (χ4n) is 4.94. The maximum Gasteiger partial charge on any atom is 0.274 e. The average Bonchev–Trinajstić information content (AvgIpc) is 3.30. The van der Waals surface area contributed by atoms with Crippen molar-refractivity contribution in [3.8, 4) is 16.3 Å². The van der Waals surface area contributed by atoms with Gasteiger partial charge in [-0.2, -0.15) is 0 Å². The van der Waals surface area contributed by atoms with Crippen LogP contribution in [0, 0.1) is 11.6 Å². The van der Waals surface area contributed by atoms with E-state index in [-0.39, 0.29) is 34.2 Å². The minimum absolute atomic E-state index is 0.0220. The maximum atomic E-state index is 14.1. The van der Waals surface area contributed by atoms with Gasteiger partial charge in [0.2, 0.25) is 11.3 Å². The lowest BCUT2D eigenvalue weighted by Gasteiger charge is -2.50. The van der Waals surface area contributed by atoms with Crippen molar-refractivity contribution in [1.82, 2.24) is 24.6 Å². The summed E-state index contributed by atoms with van der Waals surface area (Å²) < 4.78 is 28.8. The highest BCUT2D eigenvalue weighted by Gasteiger charge is 2.46. The molecule has 0 radical (unpaired) electrons. The van der Waals surface area contributed by atoms with E-state index in [9.17, 15) is 28.3 Å². The summed E-state index contributed by atoms with van der Waals surface area (Å²) in [4.78, 5) is 41.3. The van der Waals surface area contributed by atoms with Gasteiger partial charge < -0.3 is 19.5 Å². The van der Waals surface area contributed by atoms with Crippen molar-refractivity contribution in [1.29, 1.82) is 0 Å². The summed E-state index contributed by atoms with van der Waals surface area (Å²) >= 11 is 1.05. The molecule has 0 saturated carbocycles. The molecule has 0 aliphatic carbocycles. The molecule has 1 aromatic carbocycles. The minimum atomic E-state index is -0.749. The molecule has 1 fully saturated rings. The molecule has 2 aliphatic rings. The summed E-state index contributed by atoms with van der Waals surface area (Å²) in [6.07, 6.45) is 2.68. The maximum absolute atomic E-state index is 14.1. The third-order valence-electron chi connectivity index (χ3n) is 7.13. The molecule has 1 spiro atoms. The van der Waals surface area contributed by atoms with Crippen LogP contribution in [0.2, 0.25) is 0 Å². The number of carbonyl (C=O) groups excluding carboxylic acids is 2. The van der Waals surface area contributed by atoms with Crippen LogP contribution in [0.25, 0.3) is 10.6 Å². The fraction of sp³-hybridized carbons (Fsp3) is 0.375. The van der Waals surface area contributed by atoms with E-state index in [1.165, 1.54) is 19.2 Å². The SMILES string of the molecule is CC(=O)N1CCC2(CC1)Cn1cc(-c3nnc(Cc4ccc(F)cc4F)s3)c(=O)c(O)c1C(=O)N2C. The predicted molar refractivity (Wildman–Crippen MR) is 127 cm³/mol. The van der Waals surface area contributed by atoms with Gasteiger partial charge in [-0.15, -0.1) is 10.2 Å². The van der Waals surface area contributed by atoms with Crippen LogP contribution >= 0.6 is 11.3 Å². The number of aromatic nitrogens is 3. The number of pyridine rings is 1. The van der Waals surface area contributed by atoms with Gasteiger partial charge in [0.25, 0.3) is 5.91 Å². The Labute approximate surface area is 208 Å². The lowest BCUT2D eigenvalue weighted by molar-refractivity contribution is -0.131. The second-order valence-corrected chi connectivity index (χ2v) is 10.3. The van der Waals surface area contributed by atoms with Crippen molar-refractivity contribution in [2.24, 2.45) is 0 Å². The van der Waals surface area contributed by atoms with Crippen LogP contribution in [0.4, 0.5) is 8.78 Å². The van der Waals surface area contributed by atoms with Gasteiger partial charge in [0.15, 0.2) is 16.5 Å². The molecule has 0 unspecified atom stereocenters. The largest absolute Gasteiger partial charge is 0.503 e. The Balaban J connectivity index is 1.48. The summed E-state index contributed by atoms with van der Waals surface area (Å²) in [6, 6.07) is 3.26. The van der Waals surface area contributed by atoms with E-state index in [0.717, 1.165) is 23.5 Å². The standard InChI is InChI=1S/C24H23F2N5O4S/c1-13(32)30-7-5-24(6-8-30)12-31-11-16(20(33)21(34)19(31)23(35)29(24)2)22-28-27-18(36-22)9-14-3-4-15(25)10-17(14)26/h3-4,10-11,34H,5-9,12H2,1-2H3. The number of likely N-dealkylation sites (N-methyl/N-ethyl adjacent to an activating group) is 1. The Morgan fingerprint density at radius 3 is 2.58 bits per heavy atom. The molecule has 0 bridgehead atoms. The van der Waals surface area contributed by atoms with E-state index in [2.05, 4.69) is 10.2 Å². The molecular weight excluding hydrogens is 492 g/mol. The van der Waals surface area contributed by atoms with Crippen LogP contribution in [0.3, 0.4) is 0 Å². The molecule has 5 rings (SSSR count). The molecule has 2 aromatic heterocycles. The molecule has 1 saturated heterocycles. The highest BCUT2D eigenvalue weighted by Crippen LogP contribution is 2.37. The highest BCUT2D eigenvalue weighted by molar-refractivity contribution is 7.14. The molecule has 9 nitrogen and oxygen atoms in total. The second-order valence-electron chi connectivity index (χ2n) is 9.21. The first kappa shape index (κ1) is 24.0. The molecule has 12 heteroatoms. The number of hydrogen-bond acceptors (Lipinski definition) is 7. The first-order valence-corrected chi connectivity index (χ1v) is 12.2. The van der Waals surface area contributed by atoms with E-state index in [0.29, 0.717) is 37.5 Å². The number of aromatic hydroxyl groups is 1. The lowest BCUT2D eigenvalue weighted by Crippen LogP contribution is -2.61. The van der Waals surface area contributed by atoms with Crippen molar-refractivity contribution >= 4 is 23.2 Å². The number of hydrogen-bond donors (Lipinski definition) is 1. The molecule has 1 N–H and O–H groups in total. The van der Waals surface area contributed by atoms with Gasteiger partial charge >= 0.3 is 0 Å². The fourth-order valence-corrected chi connectivity index (χ4v) is 5.81. The minimum Gasteiger partial charge on any atom is -0.503 e. The molecular formula is C24H23F2N5O4S. The summed E-state index contributed by atoms with van der Waals surface area (Å²) in [5.74, 6) is -2.55. The topological polar surface area (TPSA) is 109 Å². The van der Waals surface area contributed by atoms with E-state index >= 15 is 0 Å². The molecule has 0 atom stereocenters. The molecule has 2 aliphatic heterocycles. The molecule has 4 heterocycles. The third kappa shape index (κ3) is 3.94. The van der Waals surface area contributed by atoms with Crippen molar-refractivity contribution < 1.29 is 23.5 Å². The zero-order valence-corrected chi connectivity index (χ0v) is 20.4. The summed E-state index contributed by atoms with van der Waals surface area (Å²) in [7, 11) is 1.65. The number of carbonyl (C=O) groups is 2. The van der Waals surface area contributed by atoms with Gasteiger partial charge in [0.05, 0.1) is 11.1 Å². The van der Waals surface area contributed by atoms with E-state index in [4.69, 9.17) is 0 Å². The zero-order chi connectivity index (χ0) is 25.8. The van der Waals surface area contributed by atoms with Gasteiger partial charge in [-0.1, -0.05) is 17.4 Å². The van der Waals surface area contributed by atoms with Gasteiger partial charge in [-0.05, 0) is 24.5 Å². The summed E-state index contributed by atoms with van der Waals surface area (Å²) in [6.45, 7) is 2.85. The second kappa shape index (κ2) is 8.77. The monoisotopic (exact) mass is 515 g/mol. The lowest BCUT2D eigenvalue weighted by atomic mass is 9.83. The third-order valence-corrected chi connectivity index (χ3v) is 8.09. The Kier molecular flexibility index (Phi) is 5.86. The van der Waals surface area contributed by atoms with Crippen LogP contribution in [0.15, 0.2) is 29.2 Å². The molecule has 2 amide bonds. The average molecular weight is 516 g/mol. The molecule has 36 heavy (non-hydrogen) atoms. The van der Waals surface area contributed by atoms with Crippen LogP contribution < -0.4 is 5.43 Å². The summed E-state index contributed by atoms with van der Waals surface area (Å²) in [5, 5.41) is 19.4. The Morgan fingerprint density at radius 1 is 1.19 bits per heavy atom. The number of amides is 2. The van der Waals surface area contributed by atoms with Crippen LogP contribution in [0.1, 0.15) is 40.8 Å². The number of nitrogens with zero attached hydrogens (tertiary/aromatic N) is 5. The smallest absolute Gasteiger partial charge is 0.274 e. The van der Waals surface area contributed by atoms with Crippen LogP contribution in [0.5, 0.6) is 5.75 Å². The quantitative estimate of drug-likeness (QED) is 0.574. The van der Waals surface area contributed by atoms with Crippen LogP contribution in [-0.4, -0.2) is 67.2 Å². The van der Waals surface area contributed by atoms with Crippen molar-refractivity contribution in [2.45, 2.75) is 38.3 Å². The number of piperidine rings is 1. The van der Waals surface area contributed by atoms with E-state index < -0.39 is 34.3 Å². The van der Waals surface area contributed by atoms with Crippen molar-refractivity contribution in [2.75, 3.05) is 20.1 Å². The number of benzene rings is 1. The normalized spacial score (nSPS) is 16.9. The Morgan fingerprint density at radius 2 is 1.92 bits per heavy atom. The Hall–Kier alpha value is -3.67. The van der Waals surface area contributed by atoms with E-state index in [1.807, 2.05) is 0 Å². The van der Waals surface area contributed by atoms with Gasteiger partial charge in [0, 0.05) is 52.3 Å². The van der Waals surface area contributed by atoms with Crippen molar-refractivity contribution in [3.63, 3.8) is 0 Å². The number of fused-ring (bicyclic) bond motifs is 1. The highest BCUT2D eigenvalue weighted by atomic mass is 32.1. The van der Waals surface area contributed by atoms with E-state index in [1.54, 1.807) is 21.4 Å². The summed E-state index contributed by atoms with van der Waals surface area (Å²) in [5.41, 5.74) is -1.10. The number of rotatable bonds is 3. The van der Waals surface area contributed by atoms with Gasteiger partial charge in [-0.25, -0.2) is 8.78 Å². The van der Waals surface area contributed by atoms with Gasteiger partial charge in [-0.3, -0.25) is 14.4 Å². The number of halogens is 2. The predicted octanol–water partition coefficient (Wildman–Crippen LogP) is 2.41. The van der Waals surface area contributed by atoms with Crippen LogP contribution in [-0.2, 0) is 17.8 Å². The Bertz CT molecular complexity index is 1440.